The summed E-state index contributed by atoms with van der Waals surface area (Å²) in [6, 6.07) is 7.37. The van der Waals surface area contributed by atoms with E-state index >= 15 is 0 Å². The molecule has 1 aromatic carbocycles. The van der Waals surface area contributed by atoms with Gasteiger partial charge >= 0.3 is 0 Å². The van der Waals surface area contributed by atoms with Crippen molar-refractivity contribution in [2.75, 3.05) is 25.4 Å². The number of hydrogen-bond donors (Lipinski definition) is 0. The van der Waals surface area contributed by atoms with Crippen molar-refractivity contribution in [1.29, 1.82) is 0 Å². The highest BCUT2D eigenvalue weighted by molar-refractivity contribution is 8.04. The molecule has 2 fully saturated rings. The van der Waals surface area contributed by atoms with Crippen LogP contribution in [0.5, 0.6) is 0 Å². The highest BCUT2D eigenvalue weighted by atomic mass is 32.2. The van der Waals surface area contributed by atoms with Gasteiger partial charge in [-0.25, -0.2) is 0 Å². The summed E-state index contributed by atoms with van der Waals surface area (Å²) in [6.07, 6.45) is 3.50. The maximum Gasteiger partial charge on any atom is 0.242 e. The fraction of sp³-hybridized carbons (Fsp3) is 0.450. The number of piperidine rings is 1. The number of thioether (sulfide) groups is 1. The maximum atomic E-state index is 12.6. The third-order valence-electron chi connectivity index (χ3n) is 5.01. The normalized spacial score (nSPS) is 20.1. The monoisotopic (exact) mass is 372 g/mol. The maximum absolute atomic E-state index is 12.6. The fourth-order valence-electron chi connectivity index (χ4n) is 3.23. The summed E-state index contributed by atoms with van der Waals surface area (Å²) in [6.45, 7) is 5.59. The summed E-state index contributed by atoms with van der Waals surface area (Å²) in [5.41, 5.74) is 1.52. The lowest BCUT2D eigenvalue weighted by molar-refractivity contribution is -0.138. The van der Waals surface area contributed by atoms with Crippen molar-refractivity contribution < 1.29 is 14.4 Å². The van der Waals surface area contributed by atoms with Crippen LogP contribution < -0.4 is 0 Å². The van der Waals surface area contributed by atoms with E-state index in [1.807, 2.05) is 30.0 Å². The molecule has 0 aromatic heterocycles. The van der Waals surface area contributed by atoms with Crippen LogP contribution in [0.25, 0.3) is 0 Å². The van der Waals surface area contributed by atoms with Crippen LogP contribution in [-0.4, -0.2) is 52.8 Å². The molecule has 0 N–H and O–H groups in total. The predicted molar refractivity (Wildman–Crippen MR) is 103 cm³/mol. The van der Waals surface area contributed by atoms with Crippen molar-refractivity contribution in [3.05, 3.63) is 46.5 Å². The van der Waals surface area contributed by atoms with Crippen molar-refractivity contribution in [3.8, 4) is 0 Å². The molecule has 3 rings (SSSR count). The average Bonchev–Trinajstić information content (AvgIpc) is 2.96. The summed E-state index contributed by atoms with van der Waals surface area (Å²) in [4.78, 5) is 40.7. The van der Waals surface area contributed by atoms with Gasteiger partial charge in [0.15, 0.2) is 5.78 Å². The second kappa shape index (κ2) is 8.08. The number of likely N-dealkylation sites (tertiary alicyclic amines) is 1. The third-order valence-corrected chi connectivity index (χ3v) is 6.03. The molecule has 0 atom stereocenters. The predicted octanol–water partition coefficient (Wildman–Crippen LogP) is 2.85. The molecule has 2 aliphatic rings. The molecule has 2 amide bonds. The second-order valence-electron chi connectivity index (χ2n) is 6.99. The van der Waals surface area contributed by atoms with Gasteiger partial charge in [-0.15, -0.1) is 0 Å². The van der Waals surface area contributed by atoms with Crippen LogP contribution in [0.2, 0.25) is 0 Å². The van der Waals surface area contributed by atoms with Crippen molar-refractivity contribution in [1.82, 2.24) is 9.80 Å². The highest BCUT2D eigenvalue weighted by Gasteiger charge is 2.31. The summed E-state index contributed by atoms with van der Waals surface area (Å²) >= 11 is 1.32. The van der Waals surface area contributed by atoms with Crippen LogP contribution in [0, 0.1) is 12.8 Å². The van der Waals surface area contributed by atoms with E-state index in [0.717, 1.165) is 31.5 Å². The largest absolute Gasteiger partial charge is 0.341 e. The summed E-state index contributed by atoms with van der Waals surface area (Å²) in [5.74, 6) is 0.631. The van der Waals surface area contributed by atoms with Gasteiger partial charge in [0.1, 0.15) is 6.54 Å². The van der Waals surface area contributed by atoms with E-state index in [0.29, 0.717) is 16.5 Å². The number of nitrogens with zero attached hydrogens (tertiary/aromatic N) is 2. The molecule has 0 unspecified atom stereocenters. The molecule has 0 bridgehead atoms. The van der Waals surface area contributed by atoms with Crippen LogP contribution in [0.3, 0.4) is 0 Å². The standard InChI is InChI=1S/C20H24N2O3S/c1-14-7-9-21(10-8-14)18(24)12-22-19(25)13-26-20(22)11-17(23)16-6-4-3-5-15(16)2/h3-6,11,14H,7-10,12-13H2,1-2H3/b20-11-. The number of hydrogen-bond acceptors (Lipinski definition) is 4. The Morgan fingerprint density at radius 3 is 2.62 bits per heavy atom. The molecule has 2 saturated heterocycles. The van der Waals surface area contributed by atoms with Gasteiger partial charge in [0.2, 0.25) is 11.8 Å². The zero-order valence-electron chi connectivity index (χ0n) is 15.2. The average molecular weight is 372 g/mol. The van der Waals surface area contributed by atoms with Crippen molar-refractivity contribution >= 4 is 29.4 Å². The minimum Gasteiger partial charge on any atom is -0.341 e. The number of ketones is 1. The summed E-state index contributed by atoms with van der Waals surface area (Å²) < 4.78 is 0. The molecule has 0 saturated carbocycles. The van der Waals surface area contributed by atoms with Gasteiger partial charge in [0.25, 0.3) is 0 Å². The lowest BCUT2D eigenvalue weighted by atomic mass is 9.99. The van der Waals surface area contributed by atoms with Gasteiger partial charge < -0.3 is 4.90 Å². The first kappa shape index (κ1) is 18.7. The van der Waals surface area contributed by atoms with Crippen LogP contribution in [-0.2, 0) is 9.59 Å². The molecule has 5 nitrogen and oxygen atoms in total. The van der Waals surface area contributed by atoms with E-state index in [1.54, 1.807) is 6.07 Å². The van der Waals surface area contributed by atoms with Crippen LogP contribution in [0.15, 0.2) is 35.4 Å². The minimum atomic E-state index is -0.135. The first-order chi connectivity index (χ1) is 12.5. The Balaban J connectivity index is 1.71. The minimum absolute atomic E-state index is 0.0209. The number of amides is 2. The van der Waals surface area contributed by atoms with Crippen molar-refractivity contribution in [3.63, 3.8) is 0 Å². The van der Waals surface area contributed by atoms with Crippen LogP contribution >= 0.6 is 11.8 Å². The van der Waals surface area contributed by atoms with E-state index in [2.05, 4.69) is 6.92 Å². The number of carbonyl (C=O) groups excluding carboxylic acids is 3. The van der Waals surface area contributed by atoms with E-state index < -0.39 is 0 Å². The molecule has 2 heterocycles. The van der Waals surface area contributed by atoms with Crippen molar-refractivity contribution in [2.24, 2.45) is 5.92 Å². The summed E-state index contributed by atoms with van der Waals surface area (Å²) in [5, 5.41) is 0.571. The number of rotatable bonds is 4. The van der Waals surface area contributed by atoms with Gasteiger partial charge in [-0.1, -0.05) is 43.0 Å². The Morgan fingerprint density at radius 1 is 1.23 bits per heavy atom. The zero-order valence-corrected chi connectivity index (χ0v) is 16.1. The molecule has 0 aliphatic carbocycles. The SMILES string of the molecule is Cc1ccccc1C(=O)/C=C1\SCC(=O)N1CC(=O)N1CCC(C)CC1. The van der Waals surface area contributed by atoms with Crippen LogP contribution in [0.1, 0.15) is 35.7 Å². The van der Waals surface area contributed by atoms with E-state index in [4.69, 9.17) is 0 Å². The van der Waals surface area contributed by atoms with Crippen molar-refractivity contribution in [2.45, 2.75) is 26.7 Å². The molecule has 1 aromatic rings. The topological polar surface area (TPSA) is 57.7 Å². The Morgan fingerprint density at radius 2 is 1.92 bits per heavy atom. The smallest absolute Gasteiger partial charge is 0.242 e. The molecule has 0 radical (unpaired) electrons. The summed E-state index contributed by atoms with van der Waals surface area (Å²) in [7, 11) is 0. The molecule has 6 heteroatoms. The fourth-order valence-corrected chi connectivity index (χ4v) is 4.17. The molecule has 26 heavy (non-hydrogen) atoms. The zero-order chi connectivity index (χ0) is 18.7. The van der Waals surface area contributed by atoms with Crippen LogP contribution in [0.4, 0.5) is 0 Å². The lowest BCUT2D eigenvalue weighted by Gasteiger charge is -2.31. The van der Waals surface area contributed by atoms with Gasteiger partial charge in [0, 0.05) is 24.7 Å². The quantitative estimate of drug-likeness (QED) is 0.602. The molecular weight excluding hydrogens is 348 g/mol. The van der Waals surface area contributed by atoms with E-state index in [9.17, 15) is 14.4 Å². The van der Waals surface area contributed by atoms with Gasteiger partial charge in [-0.2, -0.15) is 0 Å². The second-order valence-corrected chi connectivity index (χ2v) is 7.99. The van der Waals surface area contributed by atoms with Gasteiger partial charge in [-0.05, 0) is 31.2 Å². The van der Waals surface area contributed by atoms with E-state index in [1.165, 1.54) is 22.7 Å². The Bertz CT molecular complexity index is 751. The Hall–Kier alpha value is -2.08. The first-order valence-electron chi connectivity index (χ1n) is 8.98. The third kappa shape index (κ3) is 4.18. The number of carbonyl (C=O) groups is 3. The number of aryl methyl sites for hydroxylation is 1. The Kier molecular flexibility index (Phi) is 5.81. The molecule has 138 valence electrons. The lowest BCUT2D eigenvalue weighted by Crippen LogP contribution is -2.44. The Labute approximate surface area is 158 Å². The number of benzene rings is 1. The molecule has 2 aliphatic heterocycles. The number of allylic oxidation sites excluding steroid dienone is 1. The van der Waals surface area contributed by atoms with Gasteiger partial charge in [-0.3, -0.25) is 19.3 Å². The van der Waals surface area contributed by atoms with E-state index in [-0.39, 0.29) is 29.9 Å². The first-order valence-corrected chi connectivity index (χ1v) is 9.97. The molecule has 0 spiro atoms. The van der Waals surface area contributed by atoms with Gasteiger partial charge in [0.05, 0.1) is 10.8 Å². The molecular formula is C20H24N2O3S. The highest BCUT2D eigenvalue weighted by Crippen LogP contribution is 2.29.